The average Bonchev–Trinajstić information content (AvgIpc) is 3.32. The first kappa shape index (κ1) is 16.7. The van der Waals surface area contributed by atoms with Crippen molar-refractivity contribution in [2.75, 3.05) is 7.11 Å². The second kappa shape index (κ2) is 6.88. The van der Waals surface area contributed by atoms with Crippen molar-refractivity contribution in [3.63, 3.8) is 0 Å². The normalized spacial score (nSPS) is 16.3. The molecular weight excluding hydrogens is 348 g/mol. The summed E-state index contributed by atoms with van der Waals surface area (Å²) >= 11 is 1.52. The molecule has 0 spiro atoms. The van der Waals surface area contributed by atoms with E-state index in [-0.39, 0.29) is 24.0 Å². The Balaban J connectivity index is 1.52. The number of rotatable bonds is 5. The van der Waals surface area contributed by atoms with Gasteiger partial charge in [0.1, 0.15) is 10.8 Å². The third-order valence-corrected chi connectivity index (χ3v) is 5.70. The van der Waals surface area contributed by atoms with Crippen molar-refractivity contribution in [3.05, 3.63) is 59.5 Å². The summed E-state index contributed by atoms with van der Waals surface area (Å²) in [5, 5.41) is 0.790. The van der Waals surface area contributed by atoms with E-state index < -0.39 is 0 Å². The van der Waals surface area contributed by atoms with Gasteiger partial charge in [-0.15, -0.1) is 11.3 Å². The van der Waals surface area contributed by atoms with Gasteiger partial charge >= 0.3 is 0 Å². The van der Waals surface area contributed by atoms with E-state index in [1.165, 1.54) is 11.3 Å². The predicted octanol–water partition coefficient (Wildman–Crippen LogP) is 3.95. The van der Waals surface area contributed by atoms with Crippen LogP contribution in [0.3, 0.4) is 0 Å². The Hall–Kier alpha value is -2.73. The van der Waals surface area contributed by atoms with E-state index in [2.05, 4.69) is 4.98 Å². The van der Waals surface area contributed by atoms with E-state index in [9.17, 15) is 9.59 Å². The lowest BCUT2D eigenvalue weighted by Gasteiger charge is -2.24. The molecule has 1 aromatic carbocycles. The van der Waals surface area contributed by atoms with Gasteiger partial charge in [-0.2, -0.15) is 0 Å². The molecule has 1 aliphatic rings. The van der Waals surface area contributed by atoms with E-state index in [0.29, 0.717) is 18.5 Å². The smallest absolute Gasteiger partial charge is 0.179 e. The summed E-state index contributed by atoms with van der Waals surface area (Å²) in [7, 11) is 1.64. The third-order valence-electron chi connectivity index (χ3n) is 4.65. The number of aromatic nitrogens is 2. The Labute approximate surface area is 155 Å². The molecule has 1 unspecified atom stereocenters. The van der Waals surface area contributed by atoms with Gasteiger partial charge in [0.25, 0.3) is 0 Å². The lowest BCUT2D eigenvalue weighted by atomic mass is 9.97. The Morgan fingerprint density at radius 3 is 3.08 bits per heavy atom. The van der Waals surface area contributed by atoms with Crippen molar-refractivity contribution in [1.29, 1.82) is 0 Å². The van der Waals surface area contributed by atoms with Crippen molar-refractivity contribution < 1.29 is 14.3 Å². The lowest BCUT2D eigenvalue weighted by molar-refractivity contribution is -0.121. The minimum Gasteiger partial charge on any atom is -0.497 e. The number of hydrogen-bond acceptors (Lipinski definition) is 5. The molecule has 0 saturated carbocycles. The molecule has 0 N–H and O–H groups in total. The molecule has 0 fully saturated rings. The molecule has 2 aromatic heterocycles. The number of thiazole rings is 1. The van der Waals surface area contributed by atoms with Crippen molar-refractivity contribution in [2.24, 2.45) is 0 Å². The number of benzene rings is 1. The van der Waals surface area contributed by atoms with Crippen molar-refractivity contribution >= 4 is 22.9 Å². The summed E-state index contributed by atoms with van der Waals surface area (Å²) in [5.41, 5.74) is 1.65. The van der Waals surface area contributed by atoms with Gasteiger partial charge in [0.15, 0.2) is 11.6 Å². The fourth-order valence-corrected chi connectivity index (χ4v) is 4.25. The summed E-state index contributed by atoms with van der Waals surface area (Å²) < 4.78 is 7.07. The van der Waals surface area contributed by atoms with Gasteiger partial charge < -0.3 is 9.30 Å². The van der Waals surface area contributed by atoms with Crippen LogP contribution in [-0.4, -0.2) is 28.2 Å². The molecule has 3 heterocycles. The largest absolute Gasteiger partial charge is 0.497 e. The second-order valence-electron chi connectivity index (χ2n) is 6.27. The van der Waals surface area contributed by atoms with Crippen LogP contribution in [0.4, 0.5) is 0 Å². The van der Waals surface area contributed by atoms with Crippen LogP contribution in [0.25, 0.3) is 10.4 Å². The first-order valence-electron chi connectivity index (χ1n) is 8.47. The molecule has 1 aliphatic heterocycles. The van der Waals surface area contributed by atoms with Crippen LogP contribution in [0, 0.1) is 0 Å². The van der Waals surface area contributed by atoms with Crippen molar-refractivity contribution in [2.45, 2.75) is 25.3 Å². The maximum Gasteiger partial charge on any atom is 0.179 e. The highest BCUT2D eigenvalue weighted by molar-refractivity contribution is 7.15. The highest BCUT2D eigenvalue weighted by Crippen LogP contribution is 2.31. The number of carbonyl (C=O) groups excluding carboxylic acids is 2. The van der Waals surface area contributed by atoms with E-state index in [1.54, 1.807) is 19.4 Å². The van der Waals surface area contributed by atoms with Crippen LogP contribution in [0.5, 0.6) is 5.75 Å². The number of methoxy groups -OCH3 is 1. The van der Waals surface area contributed by atoms with Gasteiger partial charge in [-0.05, 0) is 36.2 Å². The maximum atomic E-state index is 12.8. The minimum atomic E-state index is -0.276. The Morgan fingerprint density at radius 1 is 1.35 bits per heavy atom. The monoisotopic (exact) mass is 366 g/mol. The van der Waals surface area contributed by atoms with Gasteiger partial charge in [-0.3, -0.25) is 9.59 Å². The number of hydrogen-bond donors (Lipinski definition) is 0. The molecule has 1 atom stereocenters. The molecule has 6 heteroatoms. The Kier molecular flexibility index (Phi) is 4.42. The van der Waals surface area contributed by atoms with Gasteiger partial charge in [0.05, 0.1) is 30.1 Å². The molecule has 4 rings (SSSR count). The van der Waals surface area contributed by atoms with E-state index >= 15 is 0 Å². The fourth-order valence-electron chi connectivity index (χ4n) is 3.32. The number of fused-ring (bicyclic) bond motifs is 1. The zero-order valence-corrected chi connectivity index (χ0v) is 15.2. The maximum absolute atomic E-state index is 12.8. The fraction of sp³-hybridized carbons (Fsp3) is 0.250. The van der Waals surface area contributed by atoms with Crippen LogP contribution in [0.15, 0.2) is 48.8 Å². The summed E-state index contributed by atoms with van der Waals surface area (Å²) in [4.78, 5) is 30.2. The third kappa shape index (κ3) is 3.08. The number of ether oxygens (including phenoxy) is 1. The first-order chi connectivity index (χ1) is 12.7. The standard InChI is InChI=1S/C20H18N2O3S/c1-25-14-5-2-4-13(10-14)19-12-21-20(26-19)11-18(24)16-7-8-17(23)15-6-3-9-22(15)16/h2-6,9-10,12,16H,7-8,11H2,1H3. The zero-order valence-electron chi connectivity index (χ0n) is 14.3. The van der Waals surface area contributed by atoms with Crippen LogP contribution in [0.2, 0.25) is 0 Å². The second-order valence-corrected chi connectivity index (χ2v) is 7.39. The summed E-state index contributed by atoms with van der Waals surface area (Å²) in [6, 6.07) is 11.1. The average molecular weight is 366 g/mol. The summed E-state index contributed by atoms with van der Waals surface area (Å²) in [5.74, 6) is 0.996. The molecule has 132 valence electrons. The van der Waals surface area contributed by atoms with E-state index in [0.717, 1.165) is 21.2 Å². The summed E-state index contributed by atoms with van der Waals surface area (Å²) in [6.45, 7) is 0. The molecular formula is C20H18N2O3S. The number of ketones is 2. The minimum absolute atomic E-state index is 0.0986. The van der Waals surface area contributed by atoms with Crippen LogP contribution in [0.1, 0.15) is 34.4 Å². The molecule has 0 saturated heterocycles. The SMILES string of the molecule is COc1cccc(-c2cnc(CC(=O)C3CCC(=O)c4cccn43)s2)c1. The van der Waals surface area contributed by atoms with Crippen molar-refractivity contribution in [1.82, 2.24) is 9.55 Å². The van der Waals surface area contributed by atoms with Gasteiger partial charge in [0, 0.05) is 18.8 Å². The Morgan fingerprint density at radius 2 is 2.23 bits per heavy atom. The Bertz CT molecular complexity index is 973. The molecule has 0 bridgehead atoms. The quantitative estimate of drug-likeness (QED) is 0.686. The van der Waals surface area contributed by atoms with E-state index in [4.69, 9.17) is 4.74 Å². The van der Waals surface area contributed by atoms with Gasteiger partial charge in [0.2, 0.25) is 0 Å². The van der Waals surface area contributed by atoms with Crippen LogP contribution >= 0.6 is 11.3 Å². The van der Waals surface area contributed by atoms with Crippen LogP contribution < -0.4 is 4.74 Å². The van der Waals surface area contributed by atoms with E-state index in [1.807, 2.05) is 41.1 Å². The zero-order chi connectivity index (χ0) is 18.1. The molecule has 0 amide bonds. The summed E-state index contributed by atoms with van der Waals surface area (Å²) in [6.07, 6.45) is 4.89. The molecule has 26 heavy (non-hydrogen) atoms. The first-order valence-corrected chi connectivity index (χ1v) is 9.29. The molecule has 5 nitrogen and oxygen atoms in total. The highest BCUT2D eigenvalue weighted by Gasteiger charge is 2.29. The number of Topliss-reactive ketones (excluding diaryl/α,β-unsaturated/α-hetero) is 2. The highest BCUT2D eigenvalue weighted by atomic mass is 32.1. The number of carbonyl (C=O) groups is 2. The van der Waals surface area contributed by atoms with Gasteiger partial charge in [-0.25, -0.2) is 4.98 Å². The van der Waals surface area contributed by atoms with Crippen LogP contribution in [-0.2, 0) is 11.2 Å². The lowest BCUT2D eigenvalue weighted by Crippen LogP contribution is -2.28. The topological polar surface area (TPSA) is 61.2 Å². The molecule has 3 aromatic rings. The number of nitrogens with zero attached hydrogens (tertiary/aromatic N) is 2. The predicted molar refractivity (Wildman–Crippen MR) is 99.8 cm³/mol. The van der Waals surface area contributed by atoms with Crippen molar-refractivity contribution in [3.8, 4) is 16.2 Å². The van der Waals surface area contributed by atoms with Gasteiger partial charge in [-0.1, -0.05) is 12.1 Å². The molecule has 0 radical (unpaired) electrons. The molecule has 0 aliphatic carbocycles.